The Bertz CT molecular complexity index is 1830. The number of furan rings is 1. The number of nitrogens with zero attached hydrogens (tertiary/aromatic N) is 3. The maximum atomic E-state index is 14.2. The fourth-order valence-electron chi connectivity index (χ4n) is 5.56. The molecule has 2 aromatic heterocycles. The molecule has 2 aliphatic rings. The van der Waals surface area contributed by atoms with Crippen molar-refractivity contribution in [3.63, 3.8) is 0 Å². The Kier molecular flexibility index (Phi) is 8.67. The third kappa shape index (κ3) is 5.86. The Labute approximate surface area is 261 Å². The summed E-state index contributed by atoms with van der Waals surface area (Å²) in [6.45, 7) is 6.29. The Hall–Kier alpha value is -3.89. The number of esters is 1. The van der Waals surface area contributed by atoms with Crippen LogP contribution in [-0.4, -0.2) is 36.8 Å². The van der Waals surface area contributed by atoms with Crippen molar-refractivity contribution in [2.75, 3.05) is 31.2 Å². The molecule has 2 aromatic carbocycles. The molecule has 0 spiro atoms. The zero-order valence-electron chi connectivity index (χ0n) is 24.0. The van der Waals surface area contributed by atoms with E-state index < -0.39 is 12.0 Å². The molecule has 1 saturated heterocycles. The molecule has 0 unspecified atom stereocenters. The number of carbonyl (C=O) groups is 1. The van der Waals surface area contributed by atoms with Gasteiger partial charge in [-0.05, 0) is 66.7 Å². The van der Waals surface area contributed by atoms with Crippen LogP contribution in [0.15, 0.2) is 84.9 Å². The second-order valence-electron chi connectivity index (χ2n) is 10.3. The van der Waals surface area contributed by atoms with Crippen LogP contribution in [0.2, 0.25) is 0 Å². The maximum Gasteiger partial charge on any atom is 0.338 e. The number of fused-ring (bicyclic) bond motifs is 1. The first-order chi connectivity index (χ1) is 21.0. The predicted octanol–water partition coefficient (Wildman–Crippen LogP) is 5.68. The zero-order valence-corrected chi connectivity index (χ0v) is 26.4. The van der Waals surface area contributed by atoms with Crippen LogP contribution in [0, 0.1) is 0 Å². The molecule has 6 rings (SSSR count). The summed E-state index contributed by atoms with van der Waals surface area (Å²) in [4.78, 5) is 35.4. The summed E-state index contributed by atoms with van der Waals surface area (Å²) < 4.78 is 20.3. The van der Waals surface area contributed by atoms with E-state index in [0.717, 1.165) is 47.4 Å². The van der Waals surface area contributed by atoms with Gasteiger partial charge in [-0.3, -0.25) is 9.36 Å². The van der Waals surface area contributed by atoms with Gasteiger partial charge < -0.3 is 18.8 Å². The van der Waals surface area contributed by atoms with Crippen molar-refractivity contribution in [1.29, 1.82) is 0 Å². The van der Waals surface area contributed by atoms with Crippen molar-refractivity contribution in [3.8, 4) is 5.75 Å². The van der Waals surface area contributed by atoms with E-state index >= 15 is 0 Å². The van der Waals surface area contributed by atoms with Crippen molar-refractivity contribution in [2.45, 2.75) is 39.2 Å². The summed E-state index contributed by atoms with van der Waals surface area (Å²) in [7, 11) is 0. The highest BCUT2D eigenvalue weighted by Gasteiger charge is 2.35. The molecule has 2 aliphatic heterocycles. The lowest BCUT2D eigenvalue weighted by Crippen LogP contribution is -2.40. The van der Waals surface area contributed by atoms with Gasteiger partial charge in [-0.25, -0.2) is 9.79 Å². The molecule has 0 N–H and O–H groups in total. The fraction of sp³-hybridized carbons (Fsp3) is 0.303. The molecule has 0 bridgehead atoms. The van der Waals surface area contributed by atoms with E-state index in [-0.39, 0.29) is 12.2 Å². The molecule has 0 radical (unpaired) electrons. The van der Waals surface area contributed by atoms with E-state index in [1.165, 1.54) is 17.8 Å². The highest BCUT2D eigenvalue weighted by molar-refractivity contribution is 9.10. The van der Waals surface area contributed by atoms with Gasteiger partial charge in [0.25, 0.3) is 5.56 Å². The van der Waals surface area contributed by atoms with E-state index in [0.29, 0.717) is 38.7 Å². The zero-order chi connectivity index (χ0) is 29.9. The number of ether oxygens (including phenoxy) is 2. The number of anilines is 1. The number of carbonyl (C=O) groups excluding carboxylic acids is 1. The van der Waals surface area contributed by atoms with Crippen LogP contribution < -0.4 is 24.5 Å². The predicted molar refractivity (Wildman–Crippen MR) is 171 cm³/mol. The van der Waals surface area contributed by atoms with E-state index in [1.54, 1.807) is 17.6 Å². The van der Waals surface area contributed by atoms with Gasteiger partial charge in [-0.1, -0.05) is 53.8 Å². The monoisotopic (exact) mass is 661 g/mol. The first kappa shape index (κ1) is 29.2. The minimum absolute atomic E-state index is 0.192. The van der Waals surface area contributed by atoms with Gasteiger partial charge in [0, 0.05) is 30.8 Å². The van der Waals surface area contributed by atoms with Crippen molar-refractivity contribution in [3.05, 3.63) is 107 Å². The molecule has 0 saturated carbocycles. The average molecular weight is 663 g/mol. The molecule has 43 heavy (non-hydrogen) atoms. The lowest BCUT2D eigenvalue weighted by molar-refractivity contribution is -0.138. The number of thiazole rings is 1. The van der Waals surface area contributed by atoms with Gasteiger partial charge in [0.1, 0.15) is 11.5 Å². The summed E-state index contributed by atoms with van der Waals surface area (Å²) >= 11 is 4.92. The molecule has 0 amide bonds. The van der Waals surface area contributed by atoms with Gasteiger partial charge >= 0.3 is 5.97 Å². The number of hydrogen-bond acceptors (Lipinski definition) is 8. The molecule has 4 aromatic rings. The minimum atomic E-state index is -0.754. The SMILES string of the molecule is CCOC(=O)C1=C(c2ccccc2)N=c2s/c(=C/c3cc(Br)c(N4CCCCC4)o3)c(=O)n2[C@H]1c1ccc(OCC)cc1. The second kappa shape index (κ2) is 12.8. The van der Waals surface area contributed by atoms with Crippen LogP contribution in [0.1, 0.15) is 56.0 Å². The Morgan fingerprint density at radius 1 is 1.07 bits per heavy atom. The molecule has 1 fully saturated rings. The number of benzene rings is 2. The topological polar surface area (TPSA) is 86.3 Å². The fourth-order valence-corrected chi connectivity index (χ4v) is 7.10. The number of halogens is 1. The largest absolute Gasteiger partial charge is 0.494 e. The van der Waals surface area contributed by atoms with Crippen molar-refractivity contribution in [1.82, 2.24) is 4.57 Å². The summed E-state index contributed by atoms with van der Waals surface area (Å²) in [5, 5.41) is 0. The average Bonchev–Trinajstić information content (AvgIpc) is 3.56. The first-order valence-corrected chi connectivity index (χ1v) is 16.1. The second-order valence-corrected chi connectivity index (χ2v) is 12.1. The summed E-state index contributed by atoms with van der Waals surface area (Å²) in [5.74, 6) is 1.54. The summed E-state index contributed by atoms with van der Waals surface area (Å²) in [5.41, 5.74) is 2.04. The van der Waals surface area contributed by atoms with Gasteiger partial charge in [0.05, 0.1) is 39.5 Å². The highest BCUT2D eigenvalue weighted by atomic mass is 79.9. The van der Waals surface area contributed by atoms with E-state index in [9.17, 15) is 9.59 Å². The minimum Gasteiger partial charge on any atom is -0.494 e. The molecule has 0 aliphatic carbocycles. The lowest BCUT2D eigenvalue weighted by Gasteiger charge is -2.26. The van der Waals surface area contributed by atoms with Crippen molar-refractivity contribution < 1.29 is 18.7 Å². The number of piperidine rings is 1. The maximum absolute atomic E-state index is 14.2. The standard InChI is InChI=1S/C33H32BrN3O5S/c1-3-40-23-15-13-22(14-16-23)29-27(32(39)41-4-2)28(21-11-7-5-8-12-21)35-33-37(29)30(38)26(43-33)20-24-19-25(34)31(42-24)36-17-9-6-10-18-36/h5,7-8,11-16,19-20,29H,3-4,6,9-10,17-18H2,1-2H3/b26-20+/t29-/m0/s1. The van der Waals surface area contributed by atoms with Gasteiger partial charge in [-0.2, -0.15) is 0 Å². The van der Waals surface area contributed by atoms with E-state index in [1.807, 2.05) is 67.6 Å². The van der Waals surface area contributed by atoms with E-state index in [4.69, 9.17) is 18.9 Å². The third-order valence-electron chi connectivity index (χ3n) is 7.48. The normalized spacial score (nSPS) is 17.0. The molecule has 4 heterocycles. The van der Waals surface area contributed by atoms with Crippen LogP contribution >= 0.6 is 27.3 Å². The quantitative estimate of drug-likeness (QED) is 0.226. The van der Waals surface area contributed by atoms with Crippen molar-refractivity contribution >= 4 is 50.9 Å². The number of rotatable bonds is 8. The number of aromatic nitrogens is 1. The highest BCUT2D eigenvalue weighted by Crippen LogP contribution is 2.36. The molecular formula is C33H32BrN3O5S. The smallest absolute Gasteiger partial charge is 0.338 e. The van der Waals surface area contributed by atoms with Crippen LogP contribution in [0.3, 0.4) is 0 Å². The van der Waals surface area contributed by atoms with Gasteiger partial charge in [0.2, 0.25) is 5.88 Å². The molecule has 1 atom stereocenters. The molecule has 10 heteroatoms. The van der Waals surface area contributed by atoms with Gasteiger partial charge in [-0.15, -0.1) is 0 Å². The third-order valence-corrected chi connectivity index (χ3v) is 9.04. The lowest BCUT2D eigenvalue weighted by atomic mass is 9.93. The first-order valence-electron chi connectivity index (χ1n) is 14.5. The van der Waals surface area contributed by atoms with Crippen LogP contribution in [0.4, 0.5) is 5.88 Å². The molecular weight excluding hydrogens is 630 g/mol. The Morgan fingerprint density at radius 2 is 1.81 bits per heavy atom. The Morgan fingerprint density at radius 3 is 2.51 bits per heavy atom. The van der Waals surface area contributed by atoms with Crippen LogP contribution in [0.25, 0.3) is 11.8 Å². The van der Waals surface area contributed by atoms with Gasteiger partial charge in [0.15, 0.2) is 4.80 Å². The molecule has 222 valence electrons. The van der Waals surface area contributed by atoms with Crippen molar-refractivity contribution in [2.24, 2.45) is 4.99 Å². The summed E-state index contributed by atoms with van der Waals surface area (Å²) in [6, 6.07) is 18.1. The van der Waals surface area contributed by atoms with E-state index in [2.05, 4.69) is 20.8 Å². The van der Waals surface area contributed by atoms with Crippen LogP contribution in [-0.2, 0) is 9.53 Å². The summed E-state index contributed by atoms with van der Waals surface area (Å²) in [6.07, 6.45) is 5.23. The Balaban J connectivity index is 1.54. The van der Waals surface area contributed by atoms with Crippen LogP contribution in [0.5, 0.6) is 5.75 Å². The number of hydrogen-bond donors (Lipinski definition) is 0. The molecule has 8 nitrogen and oxygen atoms in total.